The van der Waals surface area contributed by atoms with Gasteiger partial charge in [0.2, 0.25) is 5.91 Å². The van der Waals surface area contributed by atoms with Crippen LogP contribution in [0.4, 0.5) is 5.69 Å². The first kappa shape index (κ1) is 21.2. The van der Waals surface area contributed by atoms with E-state index in [9.17, 15) is 28.1 Å². The van der Waals surface area contributed by atoms with Gasteiger partial charge in [-0.3, -0.25) is 19.7 Å². The maximum atomic E-state index is 12.6. The van der Waals surface area contributed by atoms with E-state index in [-0.39, 0.29) is 32.2 Å². The molecule has 154 valence electrons. The van der Waals surface area contributed by atoms with Crippen LogP contribution in [0.5, 0.6) is 5.75 Å². The first-order valence-electron chi connectivity index (χ1n) is 8.24. The summed E-state index contributed by atoms with van der Waals surface area (Å²) in [6.07, 6.45) is 1.38. The normalized spacial score (nSPS) is 15.0. The molecule has 0 bridgehead atoms. The zero-order valence-electron chi connectivity index (χ0n) is 15.3. The number of hydrogen-bond acceptors (Lipinski definition) is 8. The Bertz CT molecular complexity index is 1220. The Morgan fingerprint density at radius 2 is 1.97 bits per heavy atom. The highest BCUT2D eigenvalue weighted by Gasteiger charge is 2.24. The molecular formula is C18H13N3O7S2. The summed E-state index contributed by atoms with van der Waals surface area (Å²) in [5.41, 5.74) is -0.132. The molecule has 30 heavy (non-hydrogen) atoms. The molecule has 0 radical (unpaired) electrons. The van der Waals surface area contributed by atoms with Crippen LogP contribution in [0.25, 0.3) is 6.08 Å². The van der Waals surface area contributed by atoms with Gasteiger partial charge in [0.1, 0.15) is 10.6 Å². The second-order valence-electron chi connectivity index (χ2n) is 5.84. The molecule has 10 nitrogen and oxygen atoms in total. The number of nitrogens with zero attached hydrogens (tertiary/aromatic N) is 2. The van der Waals surface area contributed by atoms with Crippen molar-refractivity contribution in [2.45, 2.75) is 11.8 Å². The van der Waals surface area contributed by atoms with Crippen LogP contribution in [0.2, 0.25) is 0 Å². The number of carbonyl (C=O) groups is 2. The first-order valence-corrected chi connectivity index (χ1v) is 10.5. The van der Waals surface area contributed by atoms with Crippen molar-refractivity contribution in [3.05, 3.63) is 69.1 Å². The van der Waals surface area contributed by atoms with Gasteiger partial charge < -0.3 is 9.50 Å². The van der Waals surface area contributed by atoms with Crippen LogP contribution in [0.1, 0.15) is 12.5 Å². The van der Waals surface area contributed by atoms with E-state index in [0.717, 1.165) is 23.9 Å². The van der Waals surface area contributed by atoms with E-state index >= 15 is 0 Å². The minimum atomic E-state index is -4.38. The van der Waals surface area contributed by atoms with Crippen molar-refractivity contribution < 1.29 is 27.1 Å². The Kier molecular flexibility index (Phi) is 5.99. The molecule has 1 heterocycles. The molecule has 3 rings (SSSR count). The maximum Gasteiger partial charge on any atom is 0.339 e. The van der Waals surface area contributed by atoms with E-state index in [4.69, 9.17) is 4.18 Å². The van der Waals surface area contributed by atoms with Gasteiger partial charge >= 0.3 is 10.1 Å². The molecule has 0 fully saturated rings. The molecule has 12 heteroatoms. The summed E-state index contributed by atoms with van der Waals surface area (Å²) >= 11 is 0.920. The van der Waals surface area contributed by atoms with Crippen molar-refractivity contribution >= 4 is 50.6 Å². The molecular weight excluding hydrogens is 434 g/mol. The number of nitro groups is 1. The molecule has 0 atom stereocenters. The number of para-hydroxylation sites is 1. The largest absolute Gasteiger partial charge is 0.378 e. The highest BCUT2D eigenvalue weighted by atomic mass is 32.2. The summed E-state index contributed by atoms with van der Waals surface area (Å²) in [5, 5.41) is 13.4. The van der Waals surface area contributed by atoms with Gasteiger partial charge in [-0.25, -0.2) is 0 Å². The number of carbonyl (C=O) groups excluding carboxylic acids is 2. The van der Waals surface area contributed by atoms with Crippen molar-refractivity contribution in [1.29, 1.82) is 0 Å². The molecule has 2 aromatic carbocycles. The van der Waals surface area contributed by atoms with Crippen molar-refractivity contribution in [3.8, 4) is 5.75 Å². The molecule has 1 aliphatic heterocycles. The summed E-state index contributed by atoms with van der Waals surface area (Å²) in [4.78, 5) is 36.8. The Balaban J connectivity index is 1.89. The SMILES string of the molecule is CC(=O)NC1=NC(=O)/C(=C/c2ccccc2OS(=O)(=O)c2cccc([N+](=O)[O-])c2)S1. The van der Waals surface area contributed by atoms with Gasteiger partial charge in [0.25, 0.3) is 11.6 Å². The van der Waals surface area contributed by atoms with E-state index < -0.39 is 26.6 Å². The van der Waals surface area contributed by atoms with Crippen LogP contribution >= 0.6 is 11.8 Å². The third-order valence-corrected chi connectivity index (χ3v) is 5.76. The van der Waals surface area contributed by atoms with Crippen LogP contribution in [-0.2, 0) is 19.7 Å². The third kappa shape index (κ3) is 4.90. The lowest BCUT2D eigenvalue weighted by atomic mass is 10.2. The number of benzene rings is 2. The highest BCUT2D eigenvalue weighted by Crippen LogP contribution is 2.31. The lowest BCUT2D eigenvalue weighted by Crippen LogP contribution is -2.23. The number of hydrogen-bond donors (Lipinski definition) is 1. The standard InChI is InChI=1S/C18H13N3O7S2/c1-11(22)19-18-20-17(23)16(29-18)9-12-5-2-3-8-15(12)28-30(26,27)14-7-4-6-13(10-14)21(24)25/h2-10H,1H3,(H,19,20,22,23)/b16-9-. The van der Waals surface area contributed by atoms with E-state index in [1.54, 1.807) is 6.07 Å². The molecule has 0 aliphatic carbocycles. The average molecular weight is 447 g/mol. The van der Waals surface area contributed by atoms with Crippen LogP contribution in [0, 0.1) is 10.1 Å². The number of amides is 2. The molecule has 2 aromatic rings. The van der Waals surface area contributed by atoms with Crippen LogP contribution < -0.4 is 9.50 Å². The Labute approximate surface area is 174 Å². The predicted octanol–water partition coefficient (Wildman–Crippen LogP) is 2.47. The van der Waals surface area contributed by atoms with E-state index in [0.29, 0.717) is 0 Å². The Morgan fingerprint density at radius 3 is 2.67 bits per heavy atom. The fourth-order valence-electron chi connectivity index (χ4n) is 2.35. The van der Waals surface area contributed by atoms with Gasteiger partial charge in [-0.1, -0.05) is 24.3 Å². The number of thioether (sulfide) groups is 1. The van der Waals surface area contributed by atoms with Crippen molar-refractivity contribution in [1.82, 2.24) is 5.32 Å². The van der Waals surface area contributed by atoms with Crippen LogP contribution in [0.3, 0.4) is 0 Å². The Hall–Kier alpha value is -3.51. The number of amidine groups is 1. The van der Waals surface area contributed by atoms with Crippen LogP contribution in [-0.4, -0.2) is 30.3 Å². The molecule has 0 saturated carbocycles. The fourth-order valence-corrected chi connectivity index (χ4v) is 4.19. The molecule has 0 aromatic heterocycles. The van der Waals surface area contributed by atoms with E-state index in [1.807, 2.05) is 0 Å². The second-order valence-corrected chi connectivity index (χ2v) is 8.42. The summed E-state index contributed by atoms with van der Waals surface area (Å²) in [6.45, 7) is 1.27. The van der Waals surface area contributed by atoms with Gasteiger partial charge in [0.15, 0.2) is 5.17 Å². The topological polar surface area (TPSA) is 145 Å². The lowest BCUT2D eigenvalue weighted by Gasteiger charge is -2.10. The van der Waals surface area contributed by atoms with Gasteiger partial charge in [0.05, 0.1) is 9.83 Å². The van der Waals surface area contributed by atoms with Gasteiger partial charge in [0, 0.05) is 24.6 Å². The zero-order valence-corrected chi connectivity index (χ0v) is 16.9. The maximum absolute atomic E-state index is 12.6. The molecule has 0 saturated heterocycles. The van der Waals surface area contributed by atoms with Crippen LogP contribution in [0.15, 0.2) is 63.3 Å². The third-order valence-electron chi connectivity index (χ3n) is 3.63. The number of rotatable bonds is 5. The van der Waals surface area contributed by atoms with Crippen molar-refractivity contribution in [2.24, 2.45) is 4.99 Å². The smallest absolute Gasteiger partial charge is 0.339 e. The Morgan fingerprint density at radius 1 is 1.23 bits per heavy atom. The average Bonchev–Trinajstić information content (AvgIpc) is 3.01. The molecule has 1 aliphatic rings. The van der Waals surface area contributed by atoms with E-state index in [1.165, 1.54) is 43.3 Å². The fraction of sp³-hybridized carbons (Fsp3) is 0.0556. The lowest BCUT2D eigenvalue weighted by molar-refractivity contribution is -0.385. The second kappa shape index (κ2) is 8.47. The molecule has 0 unspecified atom stereocenters. The minimum Gasteiger partial charge on any atom is -0.378 e. The molecule has 2 amide bonds. The molecule has 1 N–H and O–H groups in total. The van der Waals surface area contributed by atoms with E-state index in [2.05, 4.69) is 10.3 Å². The van der Waals surface area contributed by atoms with Crippen molar-refractivity contribution in [2.75, 3.05) is 0 Å². The van der Waals surface area contributed by atoms with Gasteiger partial charge in [-0.2, -0.15) is 13.4 Å². The highest BCUT2D eigenvalue weighted by molar-refractivity contribution is 8.18. The number of aliphatic imine (C=N–C) groups is 1. The number of nitro benzene ring substituents is 1. The first-order chi connectivity index (χ1) is 14.2. The summed E-state index contributed by atoms with van der Waals surface area (Å²) < 4.78 is 30.4. The van der Waals surface area contributed by atoms with Crippen molar-refractivity contribution in [3.63, 3.8) is 0 Å². The van der Waals surface area contributed by atoms with Gasteiger partial charge in [-0.15, -0.1) is 0 Å². The predicted molar refractivity (Wildman–Crippen MR) is 109 cm³/mol. The zero-order chi connectivity index (χ0) is 21.9. The number of nitrogens with one attached hydrogen (secondary N) is 1. The van der Waals surface area contributed by atoms with Gasteiger partial charge in [-0.05, 0) is 30.0 Å². The summed E-state index contributed by atoms with van der Waals surface area (Å²) in [5.74, 6) is -1.07. The summed E-state index contributed by atoms with van der Waals surface area (Å²) in [6, 6.07) is 10.5. The monoisotopic (exact) mass is 447 g/mol. The quantitative estimate of drug-likeness (QED) is 0.318. The minimum absolute atomic E-state index is 0.0853. The summed E-state index contributed by atoms with van der Waals surface area (Å²) in [7, 11) is -4.38. The number of non-ortho nitro benzene ring substituents is 1. The molecule has 0 spiro atoms.